The second-order valence-corrected chi connectivity index (χ2v) is 5.34. The fourth-order valence-electron chi connectivity index (χ4n) is 2.63. The number of carbonyl (C=O) groups excluding carboxylic acids is 1. The molecule has 1 aliphatic carbocycles. The standard InChI is InChI=1S/C14H22N4O2/c1-9-16-8-12(15)13(18-9)17-7-10-3-5-11(6-4-10)14(19)20-2/h8,10-11H,3-7,15H2,1-2H3,(H,16,17,18). The fraction of sp³-hybridized carbons (Fsp3) is 0.643. The summed E-state index contributed by atoms with van der Waals surface area (Å²) in [4.78, 5) is 19.8. The maximum Gasteiger partial charge on any atom is 0.308 e. The largest absolute Gasteiger partial charge is 0.469 e. The van der Waals surface area contributed by atoms with Crippen LogP contribution in [0.2, 0.25) is 0 Å². The lowest BCUT2D eigenvalue weighted by Crippen LogP contribution is -2.26. The second-order valence-electron chi connectivity index (χ2n) is 5.34. The molecule has 3 N–H and O–H groups in total. The Hall–Kier alpha value is -1.85. The van der Waals surface area contributed by atoms with Crippen molar-refractivity contribution in [3.8, 4) is 0 Å². The minimum atomic E-state index is -0.0768. The lowest BCUT2D eigenvalue weighted by Gasteiger charge is -2.27. The Kier molecular flexibility index (Phi) is 4.76. The predicted octanol–water partition coefficient (Wildman–Crippen LogP) is 1.76. The molecule has 0 bridgehead atoms. The zero-order valence-corrected chi connectivity index (χ0v) is 12.1. The summed E-state index contributed by atoms with van der Waals surface area (Å²) in [5.74, 6) is 1.95. The Labute approximate surface area is 119 Å². The van der Waals surface area contributed by atoms with Crippen LogP contribution in [0.4, 0.5) is 11.5 Å². The molecule has 0 saturated heterocycles. The Balaban J connectivity index is 1.81. The van der Waals surface area contributed by atoms with E-state index < -0.39 is 0 Å². The summed E-state index contributed by atoms with van der Waals surface area (Å²) in [6, 6.07) is 0. The number of carbonyl (C=O) groups is 1. The van der Waals surface area contributed by atoms with Gasteiger partial charge >= 0.3 is 5.97 Å². The third kappa shape index (κ3) is 3.59. The molecule has 0 aromatic carbocycles. The van der Waals surface area contributed by atoms with E-state index in [0.29, 0.717) is 23.2 Å². The highest BCUT2D eigenvalue weighted by Gasteiger charge is 2.26. The van der Waals surface area contributed by atoms with E-state index in [2.05, 4.69) is 15.3 Å². The smallest absolute Gasteiger partial charge is 0.308 e. The Morgan fingerprint density at radius 2 is 2.15 bits per heavy atom. The first-order chi connectivity index (χ1) is 9.60. The molecule has 6 nitrogen and oxygen atoms in total. The topological polar surface area (TPSA) is 90.1 Å². The van der Waals surface area contributed by atoms with Crippen LogP contribution >= 0.6 is 0 Å². The van der Waals surface area contributed by atoms with Gasteiger partial charge in [-0.3, -0.25) is 4.79 Å². The number of nitrogens with zero attached hydrogens (tertiary/aromatic N) is 2. The molecular weight excluding hydrogens is 256 g/mol. The molecule has 20 heavy (non-hydrogen) atoms. The molecule has 0 amide bonds. The number of anilines is 2. The summed E-state index contributed by atoms with van der Waals surface area (Å²) in [7, 11) is 1.45. The molecule has 110 valence electrons. The zero-order valence-electron chi connectivity index (χ0n) is 12.1. The second kappa shape index (κ2) is 6.54. The summed E-state index contributed by atoms with van der Waals surface area (Å²) >= 11 is 0. The van der Waals surface area contributed by atoms with Gasteiger partial charge in [-0.1, -0.05) is 0 Å². The van der Waals surface area contributed by atoms with Gasteiger partial charge in [-0.05, 0) is 38.5 Å². The van der Waals surface area contributed by atoms with Gasteiger partial charge in [-0.15, -0.1) is 0 Å². The van der Waals surface area contributed by atoms with E-state index in [1.807, 2.05) is 6.92 Å². The van der Waals surface area contributed by atoms with Crippen LogP contribution in [0, 0.1) is 18.8 Å². The molecule has 1 aromatic rings. The maximum atomic E-state index is 11.5. The van der Waals surface area contributed by atoms with Crippen molar-refractivity contribution in [3.63, 3.8) is 0 Å². The molecule has 1 saturated carbocycles. The van der Waals surface area contributed by atoms with E-state index in [1.54, 1.807) is 6.20 Å². The van der Waals surface area contributed by atoms with Crippen LogP contribution in [-0.4, -0.2) is 29.6 Å². The van der Waals surface area contributed by atoms with Crippen LogP contribution in [0.3, 0.4) is 0 Å². The highest BCUT2D eigenvalue weighted by Crippen LogP contribution is 2.29. The SMILES string of the molecule is COC(=O)C1CCC(CNc2nc(C)ncc2N)CC1. The van der Waals surface area contributed by atoms with Gasteiger partial charge in [-0.2, -0.15) is 0 Å². The van der Waals surface area contributed by atoms with E-state index in [4.69, 9.17) is 10.5 Å². The van der Waals surface area contributed by atoms with Gasteiger partial charge in [0.1, 0.15) is 5.82 Å². The van der Waals surface area contributed by atoms with Crippen molar-refractivity contribution in [3.05, 3.63) is 12.0 Å². The number of esters is 1. The van der Waals surface area contributed by atoms with E-state index in [9.17, 15) is 4.79 Å². The molecule has 0 spiro atoms. The van der Waals surface area contributed by atoms with Gasteiger partial charge in [0.15, 0.2) is 5.82 Å². The number of ether oxygens (including phenoxy) is 1. The summed E-state index contributed by atoms with van der Waals surface area (Å²) in [6.07, 6.45) is 5.47. The van der Waals surface area contributed by atoms with Crippen molar-refractivity contribution in [1.82, 2.24) is 9.97 Å². The van der Waals surface area contributed by atoms with Crippen molar-refractivity contribution in [1.29, 1.82) is 0 Å². The van der Waals surface area contributed by atoms with Crippen LogP contribution in [0.25, 0.3) is 0 Å². The van der Waals surface area contributed by atoms with E-state index in [0.717, 1.165) is 32.2 Å². The van der Waals surface area contributed by atoms with E-state index in [-0.39, 0.29) is 11.9 Å². The number of nitrogens with one attached hydrogen (secondary N) is 1. The summed E-state index contributed by atoms with van der Waals surface area (Å²) in [6.45, 7) is 2.67. The van der Waals surface area contributed by atoms with Gasteiger partial charge in [0.25, 0.3) is 0 Å². The molecule has 1 fully saturated rings. The van der Waals surface area contributed by atoms with Crippen LogP contribution in [0.5, 0.6) is 0 Å². The van der Waals surface area contributed by atoms with Gasteiger partial charge in [0.2, 0.25) is 0 Å². The zero-order chi connectivity index (χ0) is 14.5. The van der Waals surface area contributed by atoms with Crippen LogP contribution in [0.1, 0.15) is 31.5 Å². The minimum Gasteiger partial charge on any atom is -0.469 e. The number of hydrogen-bond acceptors (Lipinski definition) is 6. The lowest BCUT2D eigenvalue weighted by atomic mass is 9.82. The number of nitrogen functional groups attached to an aromatic ring is 1. The lowest BCUT2D eigenvalue weighted by molar-refractivity contribution is -0.146. The molecular formula is C14H22N4O2. The average Bonchev–Trinajstić information content (AvgIpc) is 2.48. The number of aryl methyl sites for hydroxylation is 1. The number of nitrogens with two attached hydrogens (primary N) is 1. The van der Waals surface area contributed by atoms with Crippen molar-refractivity contribution in [2.24, 2.45) is 11.8 Å². The van der Waals surface area contributed by atoms with Gasteiger partial charge in [0.05, 0.1) is 24.9 Å². The van der Waals surface area contributed by atoms with Crippen molar-refractivity contribution in [2.45, 2.75) is 32.6 Å². The number of aromatic nitrogens is 2. The molecule has 6 heteroatoms. The first-order valence-corrected chi connectivity index (χ1v) is 7.01. The van der Waals surface area contributed by atoms with Gasteiger partial charge in [0, 0.05) is 6.54 Å². The molecule has 1 aliphatic rings. The normalized spacial score (nSPS) is 22.3. The minimum absolute atomic E-state index is 0.0719. The average molecular weight is 278 g/mol. The first kappa shape index (κ1) is 14.6. The van der Waals surface area contributed by atoms with Crippen LogP contribution < -0.4 is 11.1 Å². The Morgan fingerprint density at radius 1 is 1.45 bits per heavy atom. The molecule has 1 heterocycles. The summed E-state index contributed by atoms with van der Waals surface area (Å²) in [5, 5.41) is 3.29. The van der Waals surface area contributed by atoms with Crippen molar-refractivity contribution >= 4 is 17.5 Å². The third-order valence-electron chi connectivity index (χ3n) is 3.88. The van der Waals surface area contributed by atoms with Crippen LogP contribution in [-0.2, 0) is 9.53 Å². The highest BCUT2D eigenvalue weighted by molar-refractivity contribution is 5.72. The molecule has 0 radical (unpaired) electrons. The van der Waals surface area contributed by atoms with Crippen molar-refractivity contribution < 1.29 is 9.53 Å². The molecule has 0 atom stereocenters. The monoisotopic (exact) mass is 278 g/mol. The molecule has 1 aromatic heterocycles. The van der Waals surface area contributed by atoms with Gasteiger partial charge < -0.3 is 15.8 Å². The predicted molar refractivity (Wildman–Crippen MR) is 77.1 cm³/mol. The molecule has 2 rings (SSSR count). The Morgan fingerprint density at radius 3 is 2.80 bits per heavy atom. The molecule has 0 aliphatic heterocycles. The third-order valence-corrected chi connectivity index (χ3v) is 3.88. The molecule has 0 unspecified atom stereocenters. The van der Waals surface area contributed by atoms with Gasteiger partial charge in [-0.25, -0.2) is 9.97 Å². The first-order valence-electron chi connectivity index (χ1n) is 7.01. The van der Waals surface area contributed by atoms with Crippen LogP contribution in [0.15, 0.2) is 6.20 Å². The highest BCUT2D eigenvalue weighted by atomic mass is 16.5. The summed E-state index contributed by atoms with van der Waals surface area (Å²) < 4.78 is 4.80. The maximum absolute atomic E-state index is 11.5. The summed E-state index contributed by atoms with van der Waals surface area (Å²) in [5.41, 5.74) is 6.40. The number of hydrogen-bond donors (Lipinski definition) is 2. The number of methoxy groups -OCH3 is 1. The fourth-order valence-corrected chi connectivity index (χ4v) is 2.63. The van der Waals surface area contributed by atoms with E-state index in [1.165, 1.54) is 7.11 Å². The van der Waals surface area contributed by atoms with E-state index >= 15 is 0 Å². The van der Waals surface area contributed by atoms with Crippen molar-refractivity contribution in [2.75, 3.05) is 24.7 Å². The number of rotatable bonds is 4. The Bertz CT molecular complexity index is 470. The quantitative estimate of drug-likeness (QED) is 0.816.